The molecule has 1 aromatic carbocycles. The molecule has 0 spiro atoms. The first-order chi connectivity index (χ1) is 8.75. The van der Waals surface area contributed by atoms with E-state index >= 15 is 0 Å². The molecule has 1 atom stereocenters. The van der Waals surface area contributed by atoms with E-state index in [1.165, 1.54) is 44.9 Å². The predicted molar refractivity (Wildman–Crippen MR) is 78.6 cm³/mol. The van der Waals surface area contributed by atoms with Gasteiger partial charge in [-0.05, 0) is 30.4 Å². The molecule has 18 heavy (non-hydrogen) atoms. The van der Waals surface area contributed by atoms with Crippen LogP contribution < -0.4 is 0 Å². The van der Waals surface area contributed by atoms with Gasteiger partial charge in [0.25, 0.3) is 0 Å². The lowest BCUT2D eigenvalue weighted by Gasteiger charge is -2.18. The van der Waals surface area contributed by atoms with Crippen LogP contribution in [-0.4, -0.2) is 4.83 Å². The second-order valence-corrected chi connectivity index (χ2v) is 6.78. The van der Waals surface area contributed by atoms with Gasteiger partial charge in [-0.25, -0.2) is 4.39 Å². The van der Waals surface area contributed by atoms with Gasteiger partial charge in [0.15, 0.2) is 0 Å². The first kappa shape index (κ1) is 14.0. The molecule has 1 aliphatic carbocycles. The fourth-order valence-corrected chi connectivity index (χ4v) is 3.82. The minimum Gasteiger partial charge on any atom is -0.207 e. The summed E-state index contributed by atoms with van der Waals surface area (Å²) in [5.41, 5.74) is 0.841. The van der Waals surface area contributed by atoms with Crippen LogP contribution in [0.4, 0.5) is 4.39 Å². The maximum atomic E-state index is 13.6. The molecule has 0 aliphatic heterocycles. The largest absolute Gasteiger partial charge is 0.207 e. The molecule has 100 valence electrons. The van der Waals surface area contributed by atoms with Crippen molar-refractivity contribution in [1.29, 1.82) is 0 Å². The quantitative estimate of drug-likeness (QED) is 0.509. The number of rotatable bonds is 4. The van der Waals surface area contributed by atoms with Crippen LogP contribution in [0.15, 0.2) is 24.3 Å². The molecular weight excluding hydrogens is 291 g/mol. The zero-order valence-electron chi connectivity index (χ0n) is 10.9. The normalized spacial score (nSPS) is 19.4. The van der Waals surface area contributed by atoms with Crippen LogP contribution in [0.25, 0.3) is 0 Å². The van der Waals surface area contributed by atoms with Crippen molar-refractivity contribution < 1.29 is 4.39 Å². The fraction of sp³-hybridized carbons (Fsp3) is 0.625. The molecule has 0 saturated heterocycles. The van der Waals surface area contributed by atoms with E-state index in [0.717, 1.165) is 17.9 Å². The van der Waals surface area contributed by atoms with Crippen molar-refractivity contribution >= 4 is 15.9 Å². The summed E-state index contributed by atoms with van der Waals surface area (Å²) in [4.78, 5) is 0.414. The number of hydrogen-bond donors (Lipinski definition) is 0. The Morgan fingerprint density at radius 3 is 2.44 bits per heavy atom. The van der Waals surface area contributed by atoms with Gasteiger partial charge in [-0.15, -0.1) is 0 Å². The van der Waals surface area contributed by atoms with Gasteiger partial charge in [-0.1, -0.05) is 72.7 Å². The minimum atomic E-state index is -0.0668. The van der Waals surface area contributed by atoms with Crippen molar-refractivity contribution in [2.75, 3.05) is 0 Å². The number of benzene rings is 1. The topological polar surface area (TPSA) is 0 Å². The van der Waals surface area contributed by atoms with Gasteiger partial charge in [0.1, 0.15) is 5.82 Å². The summed E-state index contributed by atoms with van der Waals surface area (Å²) in [5.74, 6) is 0.770. The lowest BCUT2D eigenvalue weighted by atomic mass is 9.93. The highest BCUT2D eigenvalue weighted by Gasteiger charge is 2.17. The molecule has 0 aromatic heterocycles. The van der Waals surface area contributed by atoms with Gasteiger partial charge in [0.05, 0.1) is 0 Å². The van der Waals surface area contributed by atoms with E-state index in [4.69, 9.17) is 0 Å². The second-order valence-electron chi connectivity index (χ2n) is 5.49. The third-order valence-electron chi connectivity index (χ3n) is 3.96. The van der Waals surface area contributed by atoms with Crippen molar-refractivity contribution in [2.24, 2.45) is 5.92 Å². The van der Waals surface area contributed by atoms with E-state index in [1.807, 2.05) is 12.1 Å². The van der Waals surface area contributed by atoms with E-state index in [-0.39, 0.29) is 5.82 Å². The highest BCUT2D eigenvalue weighted by Crippen LogP contribution is 2.29. The molecule has 1 unspecified atom stereocenters. The summed E-state index contributed by atoms with van der Waals surface area (Å²) < 4.78 is 13.6. The lowest BCUT2D eigenvalue weighted by Crippen LogP contribution is -2.11. The average Bonchev–Trinajstić information content (AvgIpc) is 2.61. The monoisotopic (exact) mass is 312 g/mol. The maximum Gasteiger partial charge on any atom is 0.126 e. The molecule has 2 heteroatoms. The fourth-order valence-electron chi connectivity index (χ4n) is 2.95. The molecule has 1 saturated carbocycles. The lowest BCUT2D eigenvalue weighted by molar-refractivity contribution is 0.422. The molecule has 0 radical (unpaired) electrons. The summed E-state index contributed by atoms with van der Waals surface area (Å²) >= 11 is 3.74. The molecule has 0 heterocycles. The second kappa shape index (κ2) is 7.28. The Morgan fingerprint density at radius 1 is 1.11 bits per heavy atom. The van der Waals surface area contributed by atoms with Crippen LogP contribution in [0.2, 0.25) is 0 Å². The third-order valence-corrected chi connectivity index (χ3v) is 4.66. The SMILES string of the molecule is Fc1ccccc1CC(Br)CC1CCCCCC1. The van der Waals surface area contributed by atoms with Crippen molar-refractivity contribution in [3.8, 4) is 0 Å². The predicted octanol–water partition coefficient (Wildman–Crippen LogP) is 5.49. The number of hydrogen-bond acceptors (Lipinski definition) is 0. The van der Waals surface area contributed by atoms with Crippen LogP contribution in [0, 0.1) is 11.7 Å². The van der Waals surface area contributed by atoms with E-state index in [9.17, 15) is 4.39 Å². The summed E-state index contributed by atoms with van der Waals surface area (Å²) in [6, 6.07) is 7.13. The zero-order valence-corrected chi connectivity index (χ0v) is 12.5. The highest BCUT2D eigenvalue weighted by molar-refractivity contribution is 9.09. The van der Waals surface area contributed by atoms with E-state index in [2.05, 4.69) is 15.9 Å². The summed E-state index contributed by atoms with van der Waals surface area (Å²) in [5, 5.41) is 0. The average molecular weight is 313 g/mol. The molecule has 1 aromatic rings. The molecular formula is C16H22BrF. The van der Waals surface area contributed by atoms with Gasteiger partial charge in [0, 0.05) is 4.83 Å². The van der Waals surface area contributed by atoms with Crippen LogP contribution in [0.5, 0.6) is 0 Å². The molecule has 2 rings (SSSR count). The van der Waals surface area contributed by atoms with Crippen molar-refractivity contribution in [3.63, 3.8) is 0 Å². The van der Waals surface area contributed by atoms with Crippen LogP contribution in [0.1, 0.15) is 50.5 Å². The standard InChI is InChI=1S/C16H22BrF/c17-15(11-13-7-3-1-2-4-8-13)12-14-9-5-6-10-16(14)18/h5-6,9-10,13,15H,1-4,7-8,11-12H2. The Bertz CT molecular complexity index is 356. The van der Waals surface area contributed by atoms with Crippen LogP contribution in [0.3, 0.4) is 0 Å². The minimum absolute atomic E-state index is 0.0668. The van der Waals surface area contributed by atoms with Crippen LogP contribution >= 0.6 is 15.9 Å². The van der Waals surface area contributed by atoms with Crippen LogP contribution in [-0.2, 0) is 6.42 Å². The Morgan fingerprint density at radius 2 is 1.78 bits per heavy atom. The van der Waals surface area contributed by atoms with Crippen molar-refractivity contribution in [2.45, 2.75) is 56.2 Å². The first-order valence-electron chi connectivity index (χ1n) is 7.13. The molecule has 1 fully saturated rings. The smallest absolute Gasteiger partial charge is 0.126 e. The Balaban J connectivity index is 1.84. The maximum absolute atomic E-state index is 13.6. The Labute approximate surface area is 118 Å². The Kier molecular flexibility index (Phi) is 5.68. The molecule has 0 bridgehead atoms. The van der Waals surface area contributed by atoms with Gasteiger partial charge in [-0.2, -0.15) is 0 Å². The van der Waals surface area contributed by atoms with E-state index in [0.29, 0.717) is 4.83 Å². The van der Waals surface area contributed by atoms with Gasteiger partial charge >= 0.3 is 0 Å². The summed E-state index contributed by atoms with van der Waals surface area (Å²) in [7, 11) is 0. The van der Waals surface area contributed by atoms with Gasteiger partial charge in [0.2, 0.25) is 0 Å². The zero-order chi connectivity index (χ0) is 12.8. The van der Waals surface area contributed by atoms with Crippen molar-refractivity contribution in [1.82, 2.24) is 0 Å². The highest BCUT2D eigenvalue weighted by atomic mass is 79.9. The van der Waals surface area contributed by atoms with Crippen molar-refractivity contribution in [3.05, 3.63) is 35.6 Å². The van der Waals surface area contributed by atoms with Gasteiger partial charge < -0.3 is 0 Å². The van der Waals surface area contributed by atoms with Gasteiger partial charge in [-0.3, -0.25) is 0 Å². The summed E-state index contributed by atoms with van der Waals surface area (Å²) in [6.45, 7) is 0. The summed E-state index contributed by atoms with van der Waals surface area (Å²) in [6.07, 6.45) is 10.3. The van der Waals surface area contributed by atoms with E-state index < -0.39 is 0 Å². The molecule has 1 aliphatic rings. The number of halogens is 2. The Hall–Kier alpha value is -0.370. The molecule has 0 nitrogen and oxygen atoms in total. The first-order valence-corrected chi connectivity index (χ1v) is 8.05. The van der Waals surface area contributed by atoms with E-state index in [1.54, 1.807) is 12.1 Å². The molecule has 0 N–H and O–H groups in total. The molecule has 0 amide bonds. The third kappa shape index (κ3) is 4.38. The number of alkyl halides is 1.